The average molecular weight is 480 g/mol. The monoisotopic (exact) mass is 479 g/mol. The Bertz CT molecular complexity index is 1020. The number of carbonyl (C=O) groups is 1. The van der Waals surface area contributed by atoms with Crippen LogP contribution in [0.4, 0.5) is 0 Å². The molecule has 1 atom stereocenters. The van der Waals surface area contributed by atoms with Crippen LogP contribution < -0.4 is 4.74 Å². The van der Waals surface area contributed by atoms with Crippen LogP contribution in [-0.4, -0.2) is 90.9 Å². The van der Waals surface area contributed by atoms with E-state index in [0.717, 1.165) is 57.5 Å². The maximum atomic E-state index is 13.3. The summed E-state index contributed by atoms with van der Waals surface area (Å²) >= 11 is 0. The number of fused-ring (bicyclic) bond motifs is 2. The van der Waals surface area contributed by atoms with Crippen molar-refractivity contribution in [2.45, 2.75) is 44.6 Å². The Kier molecular flexibility index (Phi) is 7.68. The van der Waals surface area contributed by atoms with Crippen molar-refractivity contribution in [3.63, 3.8) is 0 Å². The highest BCUT2D eigenvalue weighted by molar-refractivity contribution is 5.97. The Morgan fingerprint density at radius 2 is 1.83 bits per heavy atom. The number of rotatable bonds is 7. The number of methoxy groups -OCH3 is 1. The number of hydrogen-bond donors (Lipinski definition) is 1. The van der Waals surface area contributed by atoms with Crippen molar-refractivity contribution < 1.29 is 19.4 Å². The average Bonchev–Trinajstić information content (AvgIpc) is 3.02. The molecular weight excluding hydrogens is 442 g/mol. The third-order valence-electron chi connectivity index (χ3n) is 7.57. The molecule has 7 heteroatoms. The highest BCUT2D eigenvalue weighted by Gasteiger charge is 2.27. The number of hydrogen-bond acceptors (Lipinski definition) is 6. The predicted molar refractivity (Wildman–Crippen MR) is 135 cm³/mol. The normalized spacial score (nSPS) is 20.6. The Labute approximate surface area is 208 Å². The summed E-state index contributed by atoms with van der Waals surface area (Å²) in [6, 6.07) is 14.4. The van der Waals surface area contributed by atoms with E-state index in [2.05, 4.69) is 34.1 Å². The Balaban J connectivity index is 1.17. The molecule has 1 amide bonds. The third kappa shape index (κ3) is 5.86. The second kappa shape index (κ2) is 11.1. The highest BCUT2D eigenvalue weighted by Crippen LogP contribution is 2.26. The molecule has 1 N–H and O–H groups in total. The van der Waals surface area contributed by atoms with Gasteiger partial charge < -0.3 is 19.5 Å². The lowest BCUT2D eigenvalue weighted by Gasteiger charge is -2.32. The van der Waals surface area contributed by atoms with Gasteiger partial charge in [0.2, 0.25) is 0 Å². The molecule has 7 nitrogen and oxygen atoms in total. The van der Waals surface area contributed by atoms with Gasteiger partial charge in [0.25, 0.3) is 5.91 Å². The van der Waals surface area contributed by atoms with Gasteiger partial charge >= 0.3 is 0 Å². The van der Waals surface area contributed by atoms with Gasteiger partial charge in [-0.05, 0) is 48.1 Å². The molecule has 3 aliphatic rings. The Morgan fingerprint density at radius 1 is 1.03 bits per heavy atom. The molecule has 1 fully saturated rings. The van der Waals surface area contributed by atoms with E-state index in [1.54, 1.807) is 12.0 Å². The zero-order valence-electron chi connectivity index (χ0n) is 20.7. The van der Waals surface area contributed by atoms with Crippen LogP contribution in [-0.2, 0) is 24.2 Å². The Hall–Kier alpha value is -2.45. The highest BCUT2D eigenvalue weighted by atomic mass is 16.5. The van der Waals surface area contributed by atoms with Gasteiger partial charge in [0.15, 0.2) is 0 Å². The van der Waals surface area contributed by atoms with Gasteiger partial charge in [0.1, 0.15) is 12.4 Å². The van der Waals surface area contributed by atoms with Crippen LogP contribution in [0.15, 0.2) is 42.5 Å². The van der Waals surface area contributed by atoms with E-state index in [1.165, 1.54) is 11.1 Å². The smallest absolute Gasteiger partial charge is 0.257 e. The van der Waals surface area contributed by atoms with E-state index >= 15 is 0 Å². The number of piperidine rings is 1. The number of aliphatic hydroxyl groups excluding tert-OH is 1. The van der Waals surface area contributed by atoms with Gasteiger partial charge in [-0.1, -0.05) is 30.3 Å². The molecule has 188 valence electrons. The van der Waals surface area contributed by atoms with E-state index in [0.29, 0.717) is 43.7 Å². The molecule has 1 unspecified atom stereocenters. The van der Waals surface area contributed by atoms with Gasteiger partial charge in [-0.3, -0.25) is 14.6 Å². The van der Waals surface area contributed by atoms with E-state index in [-0.39, 0.29) is 5.91 Å². The fourth-order valence-electron chi connectivity index (χ4n) is 5.55. The largest absolute Gasteiger partial charge is 0.491 e. The topological polar surface area (TPSA) is 65.5 Å². The summed E-state index contributed by atoms with van der Waals surface area (Å²) in [7, 11) is 1.79. The first-order valence-electron chi connectivity index (χ1n) is 12.9. The summed E-state index contributed by atoms with van der Waals surface area (Å²) in [4.78, 5) is 19.7. The number of amides is 1. The minimum atomic E-state index is -0.597. The minimum Gasteiger partial charge on any atom is -0.491 e. The molecular formula is C28H37N3O4. The maximum absolute atomic E-state index is 13.3. The number of likely N-dealkylation sites (tertiary alicyclic amines) is 1. The van der Waals surface area contributed by atoms with Crippen LogP contribution in [0.1, 0.15) is 39.9 Å². The van der Waals surface area contributed by atoms with Gasteiger partial charge in [-0.25, -0.2) is 0 Å². The summed E-state index contributed by atoms with van der Waals surface area (Å²) in [6.45, 7) is 6.45. The summed E-state index contributed by atoms with van der Waals surface area (Å²) in [6.07, 6.45) is 2.88. The summed E-state index contributed by atoms with van der Waals surface area (Å²) in [5.41, 5.74) is 4.47. The number of ether oxygens (including phenoxy) is 2. The number of carbonyl (C=O) groups excluding carboxylic acids is 1. The Morgan fingerprint density at radius 3 is 2.63 bits per heavy atom. The van der Waals surface area contributed by atoms with Gasteiger partial charge in [0.05, 0.1) is 24.3 Å². The molecule has 35 heavy (non-hydrogen) atoms. The van der Waals surface area contributed by atoms with Gasteiger partial charge in [-0.15, -0.1) is 0 Å². The van der Waals surface area contributed by atoms with Crippen LogP contribution in [0.2, 0.25) is 0 Å². The molecule has 0 bridgehead atoms. The van der Waals surface area contributed by atoms with Crippen molar-refractivity contribution in [2.75, 3.05) is 53.0 Å². The van der Waals surface area contributed by atoms with Gasteiger partial charge in [0, 0.05) is 52.9 Å². The molecule has 1 saturated heterocycles. The van der Waals surface area contributed by atoms with Crippen molar-refractivity contribution in [2.24, 2.45) is 0 Å². The lowest BCUT2D eigenvalue weighted by molar-refractivity contribution is 0.0388. The number of aliphatic hydroxyl groups is 1. The lowest BCUT2D eigenvalue weighted by atomic mass is 10.00. The van der Waals surface area contributed by atoms with Crippen LogP contribution in [0.3, 0.4) is 0 Å². The van der Waals surface area contributed by atoms with Crippen molar-refractivity contribution in [3.8, 4) is 5.75 Å². The van der Waals surface area contributed by atoms with Crippen molar-refractivity contribution >= 4 is 5.91 Å². The van der Waals surface area contributed by atoms with Crippen molar-refractivity contribution in [1.29, 1.82) is 0 Å². The first-order chi connectivity index (χ1) is 17.1. The fraction of sp³-hybridized carbons (Fsp3) is 0.536. The SMILES string of the molecule is COC1CCN(Cc2ccc3c(c2)OCCN(CC(O)CN2CCc4ccccc4C2)C3=O)CC1. The number of nitrogens with zero attached hydrogens (tertiary/aromatic N) is 3. The molecule has 2 aromatic rings. The predicted octanol–water partition coefficient (Wildman–Crippen LogP) is 2.55. The molecule has 0 radical (unpaired) electrons. The van der Waals surface area contributed by atoms with Crippen LogP contribution in [0.25, 0.3) is 0 Å². The molecule has 3 aliphatic heterocycles. The van der Waals surface area contributed by atoms with E-state index in [9.17, 15) is 9.90 Å². The first kappa shape index (κ1) is 24.3. The number of benzene rings is 2. The summed E-state index contributed by atoms with van der Waals surface area (Å²) in [5, 5.41) is 10.8. The molecule has 3 heterocycles. The van der Waals surface area contributed by atoms with E-state index < -0.39 is 6.10 Å². The van der Waals surface area contributed by atoms with Crippen LogP contribution in [0, 0.1) is 0 Å². The van der Waals surface area contributed by atoms with Crippen LogP contribution in [0.5, 0.6) is 5.75 Å². The molecule has 5 rings (SSSR count). The molecule has 0 saturated carbocycles. The second-order valence-electron chi connectivity index (χ2n) is 10.0. The van der Waals surface area contributed by atoms with Gasteiger partial charge in [-0.2, -0.15) is 0 Å². The summed E-state index contributed by atoms with van der Waals surface area (Å²) in [5.74, 6) is 0.594. The van der Waals surface area contributed by atoms with Crippen molar-refractivity contribution in [3.05, 3.63) is 64.7 Å². The van der Waals surface area contributed by atoms with Crippen molar-refractivity contribution in [1.82, 2.24) is 14.7 Å². The van der Waals surface area contributed by atoms with E-state index in [4.69, 9.17) is 9.47 Å². The fourth-order valence-corrected chi connectivity index (χ4v) is 5.55. The zero-order chi connectivity index (χ0) is 24.2. The number of β-amino-alcohol motifs (C(OH)–C–C–N with tert-alkyl or cyclic N) is 1. The van der Waals surface area contributed by atoms with E-state index in [1.807, 2.05) is 18.2 Å². The third-order valence-corrected chi connectivity index (χ3v) is 7.57. The lowest BCUT2D eigenvalue weighted by Crippen LogP contribution is -2.44. The molecule has 0 spiro atoms. The minimum absolute atomic E-state index is 0.0620. The molecule has 0 aromatic heterocycles. The molecule has 2 aromatic carbocycles. The first-order valence-corrected chi connectivity index (χ1v) is 12.9. The van der Waals surface area contributed by atoms with Crippen LogP contribution >= 0.6 is 0 Å². The zero-order valence-corrected chi connectivity index (χ0v) is 20.7. The summed E-state index contributed by atoms with van der Waals surface area (Å²) < 4.78 is 11.5. The molecule has 0 aliphatic carbocycles. The standard InChI is InChI=1S/C28H37N3O4/c1-34-25-9-12-29(13-10-25)17-21-6-7-26-27(16-21)35-15-14-31(28(26)33)20-24(32)19-30-11-8-22-4-2-3-5-23(22)18-30/h2-7,16,24-25,32H,8-15,17-20H2,1H3. The maximum Gasteiger partial charge on any atom is 0.257 e. The second-order valence-corrected chi connectivity index (χ2v) is 10.0. The quantitative estimate of drug-likeness (QED) is 0.659.